The number of hydrogen-bond acceptors (Lipinski definition) is 4. The molecule has 1 aromatic heterocycles. The maximum Gasteiger partial charge on any atom is 0.226 e. The number of ether oxygens (including phenoxy) is 1. The fraction of sp³-hybridized carbons (Fsp3) is 0.357. The number of fused-ring (bicyclic) bond motifs is 3. The van der Waals surface area contributed by atoms with E-state index in [1.165, 1.54) is 5.56 Å². The number of nitrogens with two attached hydrogens (primary N) is 1. The van der Waals surface area contributed by atoms with Crippen LogP contribution >= 0.6 is 0 Å². The van der Waals surface area contributed by atoms with Gasteiger partial charge in [0.05, 0.1) is 12.7 Å². The summed E-state index contributed by atoms with van der Waals surface area (Å²) in [5, 5.41) is 4.11. The van der Waals surface area contributed by atoms with E-state index in [4.69, 9.17) is 15.0 Å². The van der Waals surface area contributed by atoms with E-state index < -0.39 is 0 Å². The molecule has 0 radical (unpaired) electrons. The molecule has 0 saturated heterocycles. The molecule has 2 aromatic rings. The molecule has 1 aliphatic carbocycles. The summed E-state index contributed by atoms with van der Waals surface area (Å²) in [7, 11) is 1.68. The Bertz CT molecular complexity index is 614. The third-order valence-corrected chi connectivity index (χ3v) is 3.60. The van der Waals surface area contributed by atoms with Crippen LogP contribution < -0.4 is 10.5 Å². The number of nitrogens with zero attached hydrogens (tertiary/aromatic N) is 1. The number of rotatable bonds is 1. The van der Waals surface area contributed by atoms with Gasteiger partial charge in [-0.15, -0.1) is 0 Å². The maximum atomic E-state index is 5.90. The van der Waals surface area contributed by atoms with Crippen LogP contribution in [0.1, 0.15) is 25.0 Å². The number of anilines is 1. The maximum absolute atomic E-state index is 5.90. The van der Waals surface area contributed by atoms with Gasteiger partial charge in [0.2, 0.25) is 5.88 Å². The van der Waals surface area contributed by atoms with Gasteiger partial charge < -0.3 is 15.0 Å². The highest BCUT2D eigenvalue weighted by Gasteiger charge is 2.36. The van der Waals surface area contributed by atoms with Gasteiger partial charge in [-0.1, -0.05) is 19.0 Å². The van der Waals surface area contributed by atoms with Crippen molar-refractivity contribution in [1.82, 2.24) is 5.16 Å². The lowest BCUT2D eigenvalue weighted by Gasteiger charge is -2.30. The lowest BCUT2D eigenvalue weighted by Crippen LogP contribution is -2.25. The van der Waals surface area contributed by atoms with Gasteiger partial charge in [0, 0.05) is 11.0 Å². The van der Waals surface area contributed by atoms with Crippen LogP contribution in [0.2, 0.25) is 0 Å². The van der Waals surface area contributed by atoms with Crippen molar-refractivity contribution in [3.05, 3.63) is 29.3 Å². The molecule has 94 valence electrons. The van der Waals surface area contributed by atoms with E-state index in [1.807, 2.05) is 12.1 Å². The summed E-state index contributed by atoms with van der Waals surface area (Å²) in [6.07, 6.45) is 0.901. The Labute approximate surface area is 106 Å². The van der Waals surface area contributed by atoms with E-state index in [-0.39, 0.29) is 5.41 Å². The molecule has 18 heavy (non-hydrogen) atoms. The van der Waals surface area contributed by atoms with Crippen molar-refractivity contribution in [2.24, 2.45) is 0 Å². The van der Waals surface area contributed by atoms with Crippen molar-refractivity contribution in [1.29, 1.82) is 0 Å². The zero-order valence-electron chi connectivity index (χ0n) is 10.8. The molecule has 0 bridgehead atoms. The van der Waals surface area contributed by atoms with Crippen molar-refractivity contribution < 1.29 is 9.26 Å². The van der Waals surface area contributed by atoms with E-state index in [0.29, 0.717) is 5.88 Å². The minimum Gasteiger partial charge on any atom is -0.497 e. The van der Waals surface area contributed by atoms with Gasteiger partial charge in [0.25, 0.3) is 0 Å². The van der Waals surface area contributed by atoms with Crippen LogP contribution in [0.15, 0.2) is 22.7 Å². The number of aromatic nitrogens is 1. The fourth-order valence-electron chi connectivity index (χ4n) is 2.78. The highest BCUT2D eigenvalue weighted by molar-refractivity contribution is 5.75. The quantitative estimate of drug-likeness (QED) is 0.837. The lowest BCUT2D eigenvalue weighted by molar-refractivity contribution is 0.413. The second kappa shape index (κ2) is 3.51. The Kier molecular flexibility index (Phi) is 2.17. The van der Waals surface area contributed by atoms with Crippen LogP contribution in [0.5, 0.6) is 5.75 Å². The summed E-state index contributed by atoms with van der Waals surface area (Å²) in [5.74, 6) is 1.29. The van der Waals surface area contributed by atoms with Crippen LogP contribution in [-0.2, 0) is 11.8 Å². The second-order valence-electron chi connectivity index (χ2n) is 5.35. The van der Waals surface area contributed by atoms with Crippen molar-refractivity contribution in [2.75, 3.05) is 12.8 Å². The van der Waals surface area contributed by atoms with Crippen LogP contribution in [0.25, 0.3) is 11.3 Å². The lowest BCUT2D eigenvalue weighted by atomic mass is 9.72. The van der Waals surface area contributed by atoms with Gasteiger partial charge in [0.15, 0.2) is 0 Å². The molecule has 4 nitrogen and oxygen atoms in total. The van der Waals surface area contributed by atoms with Gasteiger partial charge in [0.1, 0.15) is 11.4 Å². The molecule has 0 spiro atoms. The van der Waals surface area contributed by atoms with Gasteiger partial charge in [-0.3, -0.25) is 0 Å². The molecule has 3 rings (SSSR count). The van der Waals surface area contributed by atoms with Crippen LogP contribution in [0.3, 0.4) is 0 Å². The molecule has 1 aromatic carbocycles. The molecule has 0 fully saturated rings. The Hall–Kier alpha value is -1.97. The van der Waals surface area contributed by atoms with E-state index in [0.717, 1.165) is 29.0 Å². The Morgan fingerprint density at radius 1 is 1.39 bits per heavy atom. The normalized spacial score (nSPS) is 15.9. The molecule has 1 heterocycles. The first-order chi connectivity index (χ1) is 8.53. The summed E-state index contributed by atoms with van der Waals surface area (Å²) in [6, 6.07) is 6.01. The van der Waals surface area contributed by atoms with Crippen LogP contribution in [0, 0.1) is 0 Å². The van der Waals surface area contributed by atoms with Crippen molar-refractivity contribution in [3.63, 3.8) is 0 Å². The number of nitrogen functional groups attached to an aromatic ring is 1. The van der Waals surface area contributed by atoms with E-state index in [1.54, 1.807) is 7.11 Å². The third kappa shape index (κ3) is 1.41. The molecular formula is C14H16N2O2. The standard InChI is InChI=1S/C14H16N2O2/c1-14(2)7-8-6-9(17-3)4-5-10(8)12-11(14)13(15)18-16-12/h4-6H,7,15H2,1-3H3. The molecule has 0 aliphatic heterocycles. The Morgan fingerprint density at radius 3 is 2.89 bits per heavy atom. The summed E-state index contributed by atoms with van der Waals surface area (Å²) >= 11 is 0. The van der Waals surface area contributed by atoms with Crippen molar-refractivity contribution >= 4 is 5.88 Å². The second-order valence-corrected chi connectivity index (χ2v) is 5.35. The first-order valence-corrected chi connectivity index (χ1v) is 5.96. The molecule has 1 aliphatic rings. The van der Waals surface area contributed by atoms with Gasteiger partial charge in [-0.2, -0.15) is 0 Å². The molecule has 0 atom stereocenters. The molecule has 0 amide bonds. The number of hydrogen-bond donors (Lipinski definition) is 1. The third-order valence-electron chi connectivity index (χ3n) is 3.60. The van der Waals surface area contributed by atoms with E-state index in [2.05, 4.69) is 25.1 Å². The molecule has 0 saturated carbocycles. The average Bonchev–Trinajstić information content (AvgIpc) is 2.71. The largest absolute Gasteiger partial charge is 0.497 e. The fourth-order valence-corrected chi connectivity index (χ4v) is 2.78. The minimum absolute atomic E-state index is 0.0707. The molecular weight excluding hydrogens is 228 g/mol. The number of methoxy groups -OCH3 is 1. The highest BCUT2D eigenvalue weighted by Crippen LogP contribution is 2.45. The SMILES string of the molecule is COc1ccc2c(c1)CC(C)(C)c1c-2noc1N. The zero-order chi connectivity index (χ0) is 12.9. The van der Waals surface area contributed by atoms with Crippen LogP contribution in [-0.4, -0.2) is 12.3 Å². The minimum atomic E-state index is -0.0707. The molecule has 4 heteroatoms. The van der Waals surface area contributed by atoms with Gasteiger partial charge in [-0.05, 0) is 30.2 Å². The smallest absolute Gasteiger partial charge is 0.226 e. The van der Waals surface area contributed by atoms with Gasteiger partial charge >= 0.3 is 0 Å². The van der Waals surface area contributed by atoms with Crippen LogP contribution in [0.4, 0.5) is 5.88 Å². The summed E-state index contributed by atoms with van der Waals surface area (Å²) in [5.41, 5.74) is 10.0. The van der Waals surface area contributed by atoms with Crippen molar-refractivity contribution in [3.8, 4) is 17.0 Å². The predicted octanol–water partition coefficient (Wildman–Crippen LogP) is 2.77. The van der Waals surface area contributed by atoms with E-state index >= 15 is 0 Å². The molecule has 2 N–H and O–H groups in total. The summed E-state index contributed by atoms with van der Waals surface area (Å²) in [4.78, 5) is 0. The zero-order valence-corrected chi connectivity index (χ0v) is 10.8. The van der Waals surface area contributed by atoms with Crippen molar-refractivity contribution in [2.45, 2.75) is 25.7 Å². The average molecular weight is 244 g/mol. The Morgan fingerprint density at radius 2 is 2.17 bits per heavy atom. The Balaban J connectivity index is 2.26. The summed E-state index contributed by atoms with van der Waals surface area (Å²) in [6.45, 7) is 4.31. The predicted molar refractivity (Wildman–Crippen MR) is 69.6 cm³/mol. The summed E-state index contributed by atoms with van der Waals surface area (Å²) < 4.78 is 10.4. The number of benzene rings is 1. The monoisotopic (exact) mass is 244 g/mol. The van der Waals surface area contributed by atoms with E-state index in [9.17, 15) is 0 Å². The highest BCUT2D eigenvalue weighted by atomic mass is 16.5. The molecule has 0 unspecified atom stereocenters. The topological polar surface area (TPSA) is 61.3 Å². The first-order valence-electron chi connectivity index (χ1n) is 5.96. The first kappa shape index (κ1) is 11.1. The van der Waals surface area contributed by atoms with Gasteiger partial charge in [-0.25, -0.2) is 0 Å².